The quantitative estimate of drug-likeness (QED) is 0.682. The molecule has 0 saturated carbocycles. The molecule has 1 amide bonds. The van der Waals surface area contributed by atoms with Crippen molar-refractivity contribution in [1.29, 1.82) is 0 Å². The number of fused-ring (bicyclic) bond motifs is 1. The van der Waals surface area contributed by atoms with E-state index in [0.717, 1.165) is 11.0 Å². The number of aromatic amines is 1. The smallest absolute Gasteiger partial charge is 0.409 e. The number of hydrogen-bond donors (Lipinski definition) is 2. The molecule has 0 bridgehead atoms. The van der Waals surface area contributed by atoms with Gasteiger partial charge in [-0.05, 0) is 12.1 Å². The molecule has 2 rings (SSSR count). The monoisotopic (exact) mass is 177 g/mol. The van der Waals surface area contributed by atoms with Crippen LogP contribution in [0.1, 0.15) is 0 Å². The lowest BCUT2D eigenvalue weighted by atomic mass is 10.3. The summed E-state index contributed by atoms with van der Waals surface area (Å²) in [5.74, 6) is 0.407. The molecule has 3 N–H and O–H groups in total. The summed E-state index contributed by atoms with van der Waals surface area (Å²) in [4.78, 5) is 17.3. The Morgan fingerprint density at radius 3 is 3.15 bits per heavy atom. The van der Waals surface area contributed by atoms with E-state index in [9.17, 15) is 4.79 Å². The summed E-state index contributed by atoms with van der Waals surface area (Å²) in [6, 6.07) is 5.03. The number of amides is 1. The number of carbonyl (C=O) groups is 1. The third-order valence-corrected chi connectivity index (χ3v) is 1.61. The van der Waals surface area contributed by atoms with Crippen LogP contribution in [-0.4, -0.2) is 16.1 Å². The van der Waals surface area contributed by atoms with Crippen molar-refractivity contribution in [3.63, 3.8) is 0 Å². The van der Waals surface area contributed by atoms with Crippen molar-refractivity contribution >= 4 is 17.1 Å². The molecule has 1 aromatic heterocycles. The molecular weight excluding hydrogens is 170 g/mol. The first-order valence-electron chi connectivity index (χ1n) is 3.66. The summed E-state index contributed by atoms with van der Waals surface area (Å²) in [7, 11) is 0. The molecule has 1 aromatic carbocycles. The molecule has 0 saturated heterocycles. The van der Waals surface area contributed by atoms with Crippen molar-refractivity contribution in [2.45, 2.75) is 0 Å². The molecule has 0 atom stereocenters. The molecular formula is C8H7N3O2. The normalized spacial score (nSPS) is 10.2. The third kappa shape index (κ3) is 1.44. The van der Waals surface area contributed by atoms with Gasteiger partial charge in [0, 0.05) is 6.07 Å². The van der Waals surface area contributed by atoms with Crippen molar-refractivity contribution < 1.29 is 9.53 Å². The topological polar surface area (TPSA) is 81.0 Å². The van der Waals surface area contributed by atoms with Gasteiger partial charge in [0.05, 0.1) is 17.4 Å². The second-order valence-corrected chi connectivity index (χ2v) is 2.50. The van der Waals surface area contributed by atoms with Gasteiger partial charge in [0.2, 0.25) is 0 Å². The molecule has 1 heterocycles. The van der Waals surface area contributed by atoms with Crippen LogP contribution in [0.5, 0.6) is 5.75 Å². The number of nitrogens with one attached hydrogen (secondary N) is 1. The lowest BCUT2D eigenvalue weighted by Gasteiger charge is -1.98. The maximum Gasteiger partial charge on any atom is 0.409 e. The van der Waals surface area contributed by atoms with E-state index in [0.29, 0.717) is 5.75 Å². The SMILES string of the molecule is NC(=O)Oc1ccc2nc[nH]c2c1. The highest BCUT2D eigenvalue weighted by Gasteiger charge is 2.01. The van der Waals surface area contributed by atoms with Gasteiger partial charge < -0.3 is 15.5 Å². The third-order valence-electron chi connectivity index (χ3n) is 1.61. The Morgan fingerprint density at radius 1 is 1.54 bits per heavy atom. The fraction of sp³-hybridized carbons (Fsp3) is 0. The van der Waals surface area contributed by atoms with E-state index in [1.807, 2.05) is 0 Å². The fourth-order valence-corrected chi connectivity index (χ4v) is 1.09. The van der Waals surface area contributed by atoms with Crippen molar-refractivity contribution in [2.24, 2.45) is 5.73 Å². The molecule has 0 radical (unpaired) electrons. The van der Waals surface area contributed by atoms with E-state index >= 15 is 0 Å². The van der Waals surface area contributed by atoms with E-state index in [-0.39, 0.29) is 0 Å². The number of nitrogens with two attached hydrogens (primary N) is 1. The van der Waals surface area contributed by atoms with Gasteiger partial charge in [-0.25, -0.2) is 9.78 Å². The zero-order valence-electron chi connectivity index (χ0n) is 6.65. The average Bonchev–Trinajstić information content (AvgIpc) is 2.49. The molecule has 0 unspecified atom stereocenters. The van der Waals surface area contributed by atoms with Crippen LogP contribution in [0.25, 0.3) is 11.0 Å². The van der Waals surface area contributed by atoms with Crippen LogP contribution >= 0.6 is 0 Å². The Kier molecular flexibility index (Phi) is 1.63. The second-order valence-electron chi connectivity index (χ2n) is 2.50. The van der Waals surface area contributed by atoms with Gasteiger partial charge in [-0.3, -0.25) is 0 Å². The summed E-state index contributed by atoms with van der Waals surface area (Å²) < 4.78 is 4.68. The van der Waals surface area contributed by atoms with Gasteiger partial charge in [0.15, 0.2) is 0 Å². The molecule has 0 aliphatic carbocycles. The van der Waals surface area contributed by atoms with Crippen LogP contribution in [0, 0.1) is 0 Å². The molecule has 0 aliphatic rings. The number of imidazole rings is 1. The number of benzene rings is 1. The lowest BCUT2D eigenvalue weighted by molar-refractivity contribution is 0.211. The number of carbonyl (C=O) groups excluding carboxylic acids is 1. The van der Waals surface area contributed by atoms with Crippen LogP contribution in [0.3, 0.4) is 0 Å². The number of H-pyrrole nitrogens is 1. The van der Waals surface area contributed by atoms with Gasteiger partial charge >= 0.3 is 6.09 Å². The van der Waals surface area contributed by atoms with E-state index in [4.69, 9.17) is 5.73 Å². The highest BCUT2D eigenvalue weighted by atomic mass is 16.5. The Balaban J connectivity index is 2.42. The highest BCUT2D eigenvalue weighted by molar-refractivity contribution is 5.77. The van der Waals surface area contributed by atoms with Crippen LogP contribution in [0.15, 0.2) is 24.5 Å². The molecule has 2 aromatic rings. The van der Waals surface area contributed by atoms with Crippen LogP contribution in [0.2, 0.25) is 0 Å². The predicted molar refractivity (Wildman–Crippen MR) is 46.3 cm³/mol. The molecule has 0 aliphatic heterocycles. The number of nitrogens with zero attached hydrogens (tertiary/aromatic N) is 1. The maximum atomic E-state index is 10.4. The minimum atomic E-state index is -0.820. The maximum absolute atomic E-state index is 10.4. The number of primary amides is 1. The van der Waals surface area contributed by atoms with Gasteiger partial charge in [0.1, 0.15) is 5.75 Å². The van der Waals surface area contributed by atoms with Crippen molar-refractivity contribution in [2.75, 3.05) is 0 Å². The zero-order valence-corrected chi connectivity index (χ0v) is 6.65. The summed E-state index contributed by atoms with van der Waals surface area (Å²) in [6.07, 6.45) is 0.748. The molecule has 5 heteroatoms. The van der Waals surface area contributed by atoms with Crippen LogP contribution in [0.4, 0.5) is 4.79 Å². The number of hydrogen-bond acceptors (Lipinski definition) is 3. The minimum absolute atomic E-state index is 0.407. The largest absolute Gasteiger partial charge is 0.410 e. The summed E-state index contributed by atoms with van der Waals surface area (Å²) in [5.41, 5.74) is 6.48. The van der Waals surface area contributed by atoms with E-state index in [2.05, 4.69) is 14.7 Å². The first kappa shape index (κ1) is 7.60. The Bertz CT molecular complexity index is 449. The first-order chi connectivity index (χ1) is 6.25. The highest BCUT2D eigenvalue weighted by Crippen LogP contribution is 2.17. The average molecular weight is 177 g/mol. The van der Waals surface area contributed by atoms with Crippen LogP contribution in [-0.2, 0) is 0 Å². The molecule has 13 heavy (non-hydrogen) atoms. The van der Waals surface area contributed by atoms with Gasteiger partial charge in [-0.15, -0.1) is 0 Å². The Labute approximate surface area is 73.5 Å². The van der Waals surface area contributed by atoms with Crippen LogP contribution < -0.4 is 10.5 Å². The van der Waals surface area contributed by atoms with Crippen molar-refractivity contribution in [1.82, 2.24) is 9.97 Å². The molecule has 5 nitrogen and oxygen atoms in total. The summed E-state index contributed by atoms with van der Waals surface area (Å²) >= 11 is 0. The second kappa shape index (κ2) is 2.78. The van der Waals surface area contributed by atoms with Gasteiger partial charge in [-0.2, -0.15) is 0 Å². The number of rotatable bonds is 1. The number of ether oxygens (including phenoxy) is 1. The minimum Gasteiger partial charge on any atom is -0.410 e. The first-order valence-corrected chi connectivity index (χ1v) is 3.66. The van der Waals surface area contributed by atoms with Gasteiger partial charge in [-0.1, -0.05) is 0 Å². The lowest BCUT2D eigenvalue weighted by Crippen LogP contribution is -2.16. The number of aromatic nitrogens is 2. The standard InChI is InChI=1S/C8H7N3O2/c9-8(12)13-5-1-2-6-7(3-5)11-4-10-6/h1-4H,(H2,9,12)(H,10,11). The molecule has 0 fully saturated rings. The summed E-state index contributed by atoms with van der Waals surface area (Å²) in [5, 5.41) is 0. The summed E-state index contributed by atoms with van der Waals surface area (Å²) in [6.45, 7) is 0. The predicted octanol–water partition coefficient (Wildman–Crippen LogP) is 1.02. The van der Waals surface area contributed by atoms with E-state index in [1.54, 1.807) is 24.5 Å². The van der Waals surface area contributed by atoms with Crippen molar-refractivity contribution in [3.8, 4) is 5.75 Å². The fourth-order valence-electron chi connectivity index (χ4n) is 1.09. The molecule has 66 valence electrons. The van der Waals surface area contributed by atoms with E-state index in [1.165, 1.54) is 0 Å². The van der Waals surface area contributed by atoms with Crippen molar-refractivity contribution in [3.05, 3.63) is 24.5 Å². The molecule has 0 spiro atoms. The van der Waals surface area contributed by atoms with Gasteiger partial charge in [0.25, 0.3) is 0 Å². The Morgan fingerprint density at radius 2 is 2.38 bits per heavy atom. The zero-order chi connectivity index (χ0) is 9.26. The Hall–Kier alpha value is -2.04. The van der Waals surface area contributed by atoms with E-state index < -0.39 is 6.09 Å².